The average molecular weight is 746 g/mol. The lowest BCUT2D eigenvalue weighted by Gasteiger charge is -2.18. The normalized spacial score (nSPS) is 11.4. The van der Waals surface area contributed by atoms with Crippen molar-refractivity contribution in [1.29, 1.82) is 0 Å². The van der Waals surface area contributed by atoms with Crippen LogP contribution in [0.4, 0.5) is 11.4 Å². The largest absolute Gasteiger partial charge is 0.493 e. The third-order valence-corrected chi connectivity index (χ3v) is 9.16. The summed E-state index contributed by atoms with van der Waals surface area (Å²) < 4.78 is 21.4. The molecule has 11 nitrogen and oxygen atoms in total. The van der Waals surface area contributed by atoms with Crippen LogP contribution >= 0.6 is 11.8 Å². The molecule has 5 rings (SSSR count). The molecule has 0 aliphatic carbocycles. The van der Waals surface area contributed by atoms with E-state index in [1.807, 2.05) is 30.3 Å². The van der Waals surface area contributed by atoms with Crippen molar-refractivity contribution < 1.29 is 38.1 Å². The highest BCUT2D eigenvalue weighted by atomic mass is 32.2. The van der Waals surface area contributed by atoms with Crippen LogP contribution in [-0.4, -0.2) is 51.6 Å². The lowest BCUT2D eigenvalue weighted by molar-refractivity contribution is -0.116. The first-order valence-corrected chi connectivity index (χ1v) is 17.7. The van der Waals surface area contributed by atoms with Gasteiger partial charge in [-0.15, -0.1) is 11.8 Å². The number of nitrogens with one attached hydrogen (secondary N) is 3. The molecule has 5 aromatic carbocycles. The predicted octanol–water partition coefficient (Wildman–Crippen LogP) is 7.77. The van der Waals surface area contributed by atoms with Gasteiger partial charge in [0.15, 0.2) is 11.5 Å². The highest BCUT2D eigenvalue weighted by molar-refractivity contribution is 8.00. The van der Waals surface area contributed by atoms with Gasteiger partial charge in [-0.05, 0) is 96.9 Å². The molecule has 0 saturated carbocycles. The molecule has 3 amide bonds. The fraction of sp³-hybridized carbons (Fsp3) is 0.143. The SMILES string of the molecule is CCOC(=O)c1ccc(NC(=O)C(Sc2ccc(NC(=O)/C(=C/c3cc(OC)c(OC)c(OC)c3)NC(=O)c3ccccc3)cc2)c2ccccc2)cc1. The van der Waals surface area contributed by atoms with Crippen LogP contribution < -0.4 is 30.2 Å². The molecule has 0 bridgehead atoms. The molecule has 0 saturated heterocycles. The topological polar surface area (TPSA) is 141 Å². The van der Waals surface area contributed by atoms with Gasteiger partial charge in [-0.2, -0.15) is 0 Å². The van der Waals surface area contributed by atoms with Crippen LogP contribution in [-0.2, 0) is 14.3 Å². The number of hydrogen-bond donors (Lipinski definition) is 3. The van der Waals surface area contributed by atoms with Crippen LogP contribution in [0.2, 0.25) is 0 Å². The van der Waals surface area contributed by atoms with Crippen molar-refractivity contribution in [3.05, 3.63) is 149 Å². The van der Waals surface area contributed by atoms with E-state index in [0.717, 1.165) is 10.5 Å². The van der Waals surface area contributed by atoms with Crippen molar-refractivity contribution in [2.75, 3.05) is 38.6 Å². The van der Waals surface area contributed by atoms with E-state index >= 15 is 0 Å². The van der Waals surface area contributed by atoms with E-state index in [9.17, 15) is 19.2 Å². The molecule has 3 N–H and O–H groups in total. The Bertz CT molecular complexity index is 2080. The maximum atomic E-state index is 13.8. The fourth-order valence-corrected chi connectivity index (χ4v) is 6.28. The zero-order valence-corrected chi connectivity index (χ0v) is 30.9. The Morgan fingerprint density at radius 1 is 0.685 bits per heavy atom. The van der Waals surface area contributed by atoms with Crippen LogP contribution in [0.3, 0.4) is 0 Å². The minimum atomic E-state index is -0.627. The van der Waals surface area contributed by atoms with E-state index in [4.69, 9.17) is 18.9 Å². The first-order valence-electron chi connectivity index (χ1n) is 16.8. The first-order chi connectivity index (χ1) is 26.2. The molecule has 54 heavy (non-hydrogen) atoms. The Morgan fingerprint density at radius 2 is 1.26 bits per heavy atom. The number of thioether (sulfide) groups is 1. The summed E-state index contributed by atoms with van der Waals surface area (Å²) in [6.45, 7) is 2.00. The van der Waals surface area contributed by atoms with E-state index in [2.05, 4.69) is 16.0 Å². The van der Waals surface area contributed by atoms with Crippen LogP contribution in [0.5, 0.6) is 17.2 Å². The van der Waals surface area contributed by atoms with Gasteiger partial charge in [0.25, 0.3) is 11.8 Å². The number of carbonyl (C=O) groups excluding carboxylic acids is 4. The second-order valence-corrected chi connectivity index (χ2v) is 12.7. The minimum Gasteiger partial charge on any atom is -0.493 e. The predicted molar refractivity (Wildman–Crippen MR) is 209 cm³/mol. The molecule has 1 atom stereocenters. The quantitative estimate of drug-likeness (QED) is 0.0557. The zero-order valence-electron chi connectivity index (χ0n) is 30.1. The van der Waals surface area contributed by atoms with Gasteiger partial charge < -0.3 is 34.9 Å². The summed E-state index contributed by atoms with van der Waals surface area (Å²) in [5.74, 6) is -0.621. The molecule has 0 spiro atoms. The Balaban J connectivity index is 1.35. The summed E-state index contributed by atoms with van der Waals surface area (Å²) in [6.07, 6.45) is 1.51. The third kappa shape index (κ3) is 10.1. The number of esters is 1. The summed E-state index contributed by atoms with van der Waals surface area (Å²) in [5, 5.41) is 7.91. The molecule has 276 valence electrons. The van der Waals surface area contributed by atoms with Crippen molar-refractivity contribution in [1.82, 2.24) is 5.32 Å². The Labute approximate surface area is 317 Å². The number of benzene rings is 5. The van der Waals surface area contributed by atoms with Gasteiger partial charge in [-0.1, -0.05) is 48.5 Å². The van der Waals surface area contributed by atoms with E-state index < -0.39 is 23.0 Å². The molecule has 0 aromatic heterocycles. The molecule has 0 fully saturated rings. The van der Waals surface area contributed by atoms with Gasteiger partial charge in [0.1, 0.15) is 10.9 Å². The number of rotatable bonds is 15. The van der Waals surface area contributed by atoms with Crippen molar-refractivity contribution in [2.45, 2.75) is 17.1 Å². The second-order valence-electron chi connectivity index (χ2n) is 11.5. The molecule has 5 aromatic rings. The first kappa shape index (κ1) is 38.7. The summed E-state index contributed by atoms with van der Waals surface area (Å²) in [7, 11) is 4.46. The number of hydrogen-bond acceptors (Lipinski definition) is 9. The summed E-state index contributed by atoms with van der Waals surface area (Å²) in [6, 6.07) is 34.7. The monoisotopic (exact) mass is 745 g/mol. The summed E-state index contributed by atoms with van der Waals surface area (Å²) >= 11 is 1.33. The number of anilines is 2. The molecule has 0 heterocycles. The maximum absolute atomic E-state index is 13.8. The van der Waals surface area contributed by atoms with Crippen LogP contribution in [0.1, 0.15) is 44.0 Å². The molecular weight excluding hydrogens is 707 g/mol. The van der Waals surface area contributed by atoms with Crippen molar-refractivity contribution in [3.8, 4) is 17.2 Å². The van der Waals surface area contributed by atoms with E-state index in [-0.39, 0.29) is 18.2 Å². The molecule has 0 radical (unpaired) electrons. The second kappa shape index (κ2) is 18.8. The molecule has 12 heteroatoms. The lowest BCUT2D eigenvalue weighted by Crippen LogP contribution is -2.30. The van der Waals surface area contributed by atoms with Gasteiger partial charge in [0.05, 0.1) is 33.5 Å². The van der Waals surface area contributed by atoms with Gasteiger partial charge in [0.2, 0.25) is 11.7 Å². The smallest absolute Gasteiger partial charge is 0.338 e. The number of methoxy groups -OCH3 is 3. The number of carbonyl (C=O) groups is 4. The Kier molecular flexibility index (Phi) is 13.5. The van der Waals surface area contributed by atoms with Crippen LogP contribution in [0.25, 0.3) is 6.08 Å². The highest BCUT2D eigenvalue weighted by Crippen LogP contribution is 2.39. The maximum Gasteiger partial charge on any atom is 0.338 e. The summed E-state index contributed by atoms with van der Waals surface area (Å²) in [4.78, 5) is 53.4. The van der Waals surface area contributed by atoms with Gasteiger partial charge >= 0.3 is 5.97 Å². The molecule has 0 aliphatic rings. The number of amides is 3. The Hall–Kier alpha value is -6.53. The third-order valence-electron chi connectivity index (χ3n) is 7.90. The van der Waals surface area contributed by atoms with Gasteiger partial charge in [-0.25, -0.2) is 4.79 Å². The summed E-state index contributed by atoms with van der Waals surface area (Å²) in [5.41, 5.74) is 3.00. The molecular formula is C42H39N3O8S. The zero-order chi connectivity index (χ0) is 38.5. The van der Waals surface area contributed by atoms with Gasteiger partial charge in [0, 0.05) is 21.8 Å². The minimum absolute atomic E-state index is 0.0346. The van der Waals surface area contributed by atoms with Crippen molar-refractivity contribution in [2.24, 2.45) is 0 Å². The van der Waals surface area contributed by atoms with E-state index in [0.29, 0.717) is 45.3 Å². The molecule has 0 aliphatic heterocycles. The van der Waals surface area contributed by atoms with E-state index in [1.54, 1.807) is 97.9 Å². The van der Waals surface area contributed by atoms with Crippen molar-refractivity contribution in [3.63, 3.8) is 0 Å². The standard InChI is InChI=1S/C42H39N3O8S/c1-5-53-42(49)30-16-18-31(19-17-30)44-41(48)38(28-12-8-6-9-13-28)54-33-22-20-32(21-23-33)43-40(47)34(45-39(46)29-14-10-7-11-15-29)24-27-25-35(50-2)37(52-4)36(26-27)51-3/h6-26,38H,5H2,1-4H3,(H,43,47)(H,44,48)(H,45,46)/b34-24-. The fourth-order valence-electron chi connectivity index (χ4n) is 5.26. The number of ether oxygens (including phenoxy) is 4. The highest BCUT2D eigenvalue weighted by Gasteiger charge is 2.23. The lowest BCUT2D eigenvalue weighted by atomic mass is 10.1. The van der Waals surface area contributed by atoms with Crippen molar-refractivity contribution >= 4 is 52.9 Å². The Morgan fingerprint density at radius 3 is 1.83 bits per heavy atom. The van der Waals surface area contributed by atoms with Crippen LogP contribution in [0.15, 0.2) is 132 Å². The van der Waals surface area contributed by atoms with Crippen LogP contribution in [0, 0.1) is 0 Å². The van der Waals surface area contributed by atoms with Gasteiger partial charge in [-0.3, -0.25) is 14.4 Å². The molecule has 1 unspecified atom stereocenters. The van der Waals surface area contributed by atoms with E-state index in [1.165, 1.54) is 39.2 Å². The average Bonchev–Trinajstić information content (AvgIpc) is 3.20.